The Morgan fingerprint density at radius 2 is 1.81 bits per heavy atom. The Balaban J connectivity index is 2.29. The van der Waals surface area contributed by atoms with Gasteiger partial charge in [-0.15, -0.1) is 28.3 Å². The molecule has 0 bridgehead atoms. The number of aromatic nitrogens is 4. The van der Waals surface area contributed by atoms with Crippen LogP contribution >= 0.6 is 23.2 Å². The van der Waals surface area contributed by atoms with Gasteiger partial charge in [-0.25, -0.2) is 0 Å². The number of alkyl halides is 2. The predicted octanol–water partition coefficient (Wildman–Crippen LogP) is 3.71. The summed E-state index contributed by atoms with van der Waals surface area (Å²) in [6.07, 6.45) is 1.61. The number of benzene rings is 1. The lowest BCUT2D eigenvalue weighted by molar-refractivity contribution is 0.288. The molecule has 114 valence electrons. The van der Waals surface area contributed by atoms with E-state index in [0.29, 0.717) is 24.1 Å². The molecular weight excluding hydrogens is 307 g/mol. The van der Waals surface area contributed by atoms with E-state index in [9.17, 15) is 0 Å². The van der Waals surface area contributed by atoms with Crippen molar-refractivity contribution >= 4 is 23.2 Å². The Labute approximate surface area is 135 Å². The van der Waals surface area contributed by atoms with E-state index < -0.39 is 0 Å². The molecule has 4 nitrogen and oxygen atoms in total. The molecule has 0 unspecified atom stereocenters. The summed E-state index contributed by atoms with van der Waals surface area (Å²) in [7, 11) is 0. The van der Waals surface area contributed by atoms with Crippen LogP contribution in [0.1, 0.15) is 26.1 Å². The van der Waals surface area contributed by atoms with Crippen molar-refractivity contribution in [3.63, 3.8) is 0 Å². The largest absolute Gasteiger partial charge is 0.197 e. The van der Waals surface area contributed by atoms with Gasteiger partial charge in [0.2, 0.25) is 0 Å². The molecule has 0 N–H and O–H groups in total. The topological polar surface area (TPSA) is 43.6 Å². The van der Waals surface area contributed by atoms with E-state index in [1.54, 1.807) is 4.68 Å². The van der Waals surface area contributed by atoms with Gasteiger partial charge in [-0.1, -0.05) is 32.0 Å². The smallest absolute Gasteiger partial charge is 0.157 e. The lowest BCUT2D eigenvalue weighted by Crippen LogP contribution is -2.31. The van der Waals surface area contributed by atoms with Gasteiger partial charge >= 0.3 is 0 Å². The molecule has 0 spiro atoms. The van der Waals surface area contributed by atoms with Gasteiger partial charge in [-0.2, -0.15) is 4.68 Å². The lowest BCUT2D eigenvalue weighted by atomic mass is 9.80. The molecule has 1 aromatic carbocycles. The van der Waals surface area contributed by atoms with Gasteiger partial charge < -0.3 is 0 Å². The number of tetrazole rings is 1. The van der Waals surface area contributed by atoms with E-state index in [4.69, 9.17) is 23.2 Å². The summed E-state index contributed by atoms with van der Waals surface area (Å²) in [5, 5.41) is 12.1. The van der Waals surface area contributed by atoms with Crippen molar-refractivity contribution in [2.24, 2.45) is 11.3 Å². The zero-order chi connectivity index (χ0) is 15.3. The molecule has 0 fully saturated rings. The molecular formula is C15H20Cl2N4. The van der Waals surface area contributed by atoms with Crippen LogP contribution in [0.25, 0.3) is 5.69 Å². The van der Waals surface area contributed by atoms with E-state index in [1.165, 1.54) is 0 Å². The molecule has 0 saturated carbocycles. The van der Waals surface area contributed by atoms with Crippen LogP contribution < -0.4 is 0 Å². The maximum absolute atomic E-state index is 6.22. The summed E-state index contributed by atoms with van der Waals surface area (Å²) in [5.41, 5.74) is 0.763. The molecule has 0 amide bonds. The van der Waals surface area contributed by atoms with E-state index in [2.05, 4.69) is 29.4 Å². The maximum Gasteiger partial charge on any atom is 0.157 e. The number of hydrogen-bond acceptors (Lipinski definition) is 3. The highest BCUT2D eigenvalue weighted by Gasteiger charge is 2.32. The lowest BCUT2D eigenvalue weighted by Gasteiger charge is -2.30. The first-order valence-corrected chi connectivity index (χ1v) is 8.12. The molecule has 0 radical (unpaired) electrons. The average molecular weight is 327 g/mol. The molecule has 0 saturated heterocycles. The van der Waals surface area contributed by atoms with Crippen molar-refractivity contribution in [2.45, 2.75) is 26.7 Å². The number of halogens is 2. The van der Waals surface area contributed by atoms with Crippen LogP contribution in [0.4, 0.5) is 0 Å². The van der Waals surface area contributed by atoms with Gasteiger partial charge in [0.15, 0.2) is 5.82 Å². The first-order chi connectivity index (χ1) is 10.1. The number of para-hydroxylation sites is 1. The van der Waals surface area contributed by atoms with E-state index in [0.717, 1.165) is 17.9 Å². The third-order valence-corrected chi connectivity index (χ3v) is 4.61. The van der Waals surface area contributed by atoms with Crippen molar-refractivity contribution in [1.29, 1.82) is 0 Å². The molecule has 0 aliphatic rings. The number of hydrogen-bond donors (Lipinski definition) is 0. The fourth-order valence-corrected chi connectivity index (χ4v) is 3.29. The summed E-state index contributed by atoms with van der Waals surface area (Å²) in [6, 6.07) is 9.85. The van der Waals surface area contributed by atoms with E-state index >= 15 is 0 Å². The van der Waals surface area contributed by atoms with E-state index in [1.807, 2.05) is 30.3 Å². The number of nitrogens with zero attached hydrogens (tertiary/aromatic N) is 4. The molecule has 2 rings (SSSR count). The molecule has 1 heterocycles. The summed E-state index contributed by atoms with van der Waals surface area (Å²) < 4.78 is 1.76. The highest BCUT2D eigenvalue weighted by Crippen LogP contribution is 2.33. The molecule has 0 atom stereocenters. The van der Waals surface area contributed by atoms with Crippen molar-refractivity contribution in [3.8, 4) is 5.69 Å². The zero-order valence-electron chi connectivity index (χ0n) is 12.3. The second-order valence-corrected chi connectivity index (χ2v) is 6.42. The molecule has 0 aliphatic heterocycles. The van der Waals surface area contributed by atoms with Crippen LogP contribution in [0, 0.1) is 11.3 Å². The fourth-order valence-electron chi connectivity index (χ4n) is 2.60. The van der Waals surface area contributed by atoms with Crippen LogP contribution in [-0.2, 0) is 6.42 Å². The van der Waals surface area contributed by atoms with Gasteiger partial charge in [0.1, 0.15) is 0 Å². The SMILES string of the molecule is CC(C)CC(CCl)(CCl)Cc1nnnn1-c1ccccc1. The highest BCUT2D eigenvalue weighted by atomic mass is 35.5. The fraction of sp³-hybridized carbons (Fsp3) is 0.533. The van der Waals surface area contributed by atoms with Crippen LogP contribution in [0.2, 0.25) is 0 Å². The quantitative estimate of drug-likeness (QED) is 0.728. The Bertz CT molecular complexity index is 550. The molecule has 0 aliphatic carbocycles. The van der Waals surface area contributed by atoms with Crippen molar-refractivity contribution in [3.05, 3.63) is 36.2 Å². The minimum absolute atomic E-state index is 0.182. The first-order valence-electron chi connectivity index (χ1n) is 7.05. The van der Waals surface area contributed by atoms with Crippen molar-refractivity contribution < 1.29 is 0 Å². The van der Waals surface area contributed by atoms with Crippen molar-refractivity contribution in [1.82, 2.24) is 20.2 Å². The Morgan fingerprint density at radius 1 is 1.14 bits per heavy atom. The second-order valence-electron chi connectivity index (χ2n) is 5.88. The summed E-state index contributed by atoms with van der Waals surface area (Å²) >= 11 is 12.4. The zero-order valence-corrected chi connectivity index (χ0v) is 13.8. The van der Waals surface area contributed by atoms with Crippen LogP contribution in [0.5, 0.6) is 0 Å². The minimum Gasteiger partial charge on any atom is -0.197 e. The van der Waals surface area contributed by atoms with Crippen LogP contribution in [0.15, 0.2) is 30.3 Å². The monoisotopic (exact) mass is 326 g/mol. The second kappa shape index (κ2) is 7.23. The molecule has 21 heavy (non-hydrogen) atoms. The van der Waals surface area contributed by atoms with Gasteiger partial charge in [0.05, 0.1) is 5.69 Å². The summed E-state index contributed by atoms with van der Waals surface area (Å²) in [5.74, 6) is 2.30. The molecule has 6 heteroatoms. The van der Waals surface area contributed by atoms with Gasteiger partial charge in [-0.05, 0) is 34.9 Å². The van der Waals surface area contributed by atoms with E-state index in [-0.39, 0.29) is 5.41 Å². The number of rotatable bonds is 7. The minimum atomic E-state index is -0.182. The maximum atomic E-state index is 6.22. The predicted molar refractivity (Wildman–Crippen MR) is 86.2 cm³/mol. The summed E-state index contributed by atoms with van der Waals surface area (Å²) in [6.45, 7) is 4.35. The normalized spacial score (nSPS) is 12.0. The van der Waals surface area contributed by atoms with Gasteiger partial charge in [0, 0.05) is 23.6 Å². The first kappa shape index (κ1) is 16.2. The average Bonchev–Trinajstić information content (AvgIpc) is 2.95. The molecule has 2 aromatic rings. The third-order valence-electron chi connectivity index (χ3n) is 3.48. The molecule has 1 aromatic heterocycles. The third kappa shape index (κ3) is 3.95. The Hall–Kier alpha value is -1.13. The Kier molecular flexibility index (Phi) is 5.59. The summed E-state index contributed by atoms with van der Waals surface area (Å²) in [4.78, 5) is 0. The van der Waals surface area contributed by atoms with Gasteiger partial charge in [-0.3, -0.25) is 0 Å². The van der Waals surface area contributed by atoms with Gasteiger partial charge in [0.25, 0.3) is 0 Å². The van der Waals surface area contributed by atoms with Crippen molar-refractivity contribution in [2.75, 3.05) is 11.8 Å². The Morgan fingerprint density at radius 3 is 2.38 bits per heavy atom. The van der Waals surface area contributed by atoms with Crippen LogP contribution in [0.3, 0.4) is 0 Å². The highest BCUT2D eigenvalue weighted by molar-refractivity contribution is 6.21. The standard InChI is InChI=1S/C15H20Cl2N4/c1-12(2)8-15(10-16,11-17)9-14-18-19-20-21(14)13-6-4-3-5-7-13/h3-7,12H,8-11H2,1-2H3. The van der Waals surface area contributed by atoms with Crippen LogP contribution in [-0.4, -0.2) is 32.0 Å².